The lowest BCUT2D eigenvalue weighted by Gasteiger charge is -2.05. The van der Waals surface area contributed by atoms with Crippen molar-refractivity contribution >= 4 is 29.0 Å². The average Bonchev–Trinajstić information content (AvgIpc) is 3.00. The summed E-state index contributed by atoms with van der Waals surface area (Å²) in [6.07, 6.45) is 1.73. The number of benzene rings is 3. The number of imide groups is 1. The SMILES string of the molecule is O=C1NC(=O)/C(=C/c2ccc(-c3ccc(-c4ccccc4)cc3)cc2)S1. The molecular weight excluding hydrogens is 342 g/mol. The van der Waals surface area contributed by atoms with Gasteiger partial charge in [-0.3, -0.25) is 14.9 Å². The zero-order valence-electron chi connectivity index (χ0n) is 13.8. The minimum Gasteiger partial charge on any atom is -0.282 e. The second-order valence-electron chi connectivity index (χ2n) is 5.92. The van der Waals surface area contributed by atoms with Crippen LogP contribution in [0.25, 0.3) is 28.3 Å². The lowest BCUT2D eigenvalue weighted by Crippen LogP contribution is -2.17. The molecule has 0 bridgehead atoms. The molecule has 0 aliphatic carbocycles. The molecular formula is C22H15NO2S. The Labute approximate surface area is 155 Å². The van der Waals surface area contributed by atoms with Crippen LogP contribution in [0.15, 0.2) is 83.8 Å². The van der Waals surface area contributed by atoms with Crippen LogP contribution in [0.4, 0.5) is 4.79 Å². The van der Waals surface area contributed by atoms with E-state index in [-0.39, 0.29) is 11.1 Å². The molecule has 1 aliphatic rings. The quantitative estimate of drug-likeness (QED) is 0.643. The highest BCUT2D eigenvalue weighted by atomic mass is 32.2. The molecule has 3 aromatic carbocycles. The molecule has 126 valence electrons. The molecule has 26 heavy (non-hydrogen) atoms. The number of hydrogen-bond acceptors (Lipinski definition) is 3. The fourth-order valence-electron chi connectivity index (χ4n) is 2.83. The van der Waals surface area contributed by atoms with E-state index in [2.05, 4.69) is 41.7 Å². The third kappa shape index (κ3) is 3.46. The first-order valence-electron chi connectivity index (χ1n) is 8.20. The number of thioether (sulfide) groups is 1. The fraction of sp³-hybridized carbons (Fsp3) is 0. The Bertz CT molecular complexity index is 991. The van der Waals surface area contributed by atoms with Crippen molar-refractivity contribution in [1.82, 2.24) is 5.32 Å². The molecule has 0 aromatic heterocycles. The smallest absolute Gasteiger partial charge is 0.282 e. The first-order chi connectivity index (χ1) is 12.7. The molecule has 0 atom stereocenters. The van der Waals surface area contributed by atoms with E-state index in [0.717, 1.165) is 28.5 Å². The third-order valence-electron chi connectivity index (χ3n) is 4.18. The van der Waals surface area contributed by atoms with E-state index in [1.807, 2.05) is 42.5 Å². The molecule has 0 radical (unpaired) electrons. The van der Waals surface area contributed by atoms with Crippen LogP contribution in [-0.4, -0.2) is 11.1 Å². The predicted molar refractivity (Wildman–Crippen MR) is 106 cm³/mol. The zero-order valence-corrected chi connectivity index (χ0v) is 14.6. The molecule has 0 spiro atoms. The highest BCUT2D eigenvalue weighted by Crippen LogP contribution is 2.28. The number of carbonyl (C=O) groups excluding carboxylic acids is 2. The molecule has 1 aliphatic heterocycles. The van der Waals surface area contributed by atoms with Crippen molar-refractivity contribution < 1.29 is 9.59 Å². The van der Waals surface area contributed by atoms with Gasteiger partial charge in [-0.05, 0) is 45.7 Å². The molecule has 0 saturated carbocycles. The molecule has 1 heterocycles. The maximum Gasteiger partial charge on any atom is 0.290 e. The summed E-state index contributed by atoms with van der Waals surface area (Å²) in [7, 11) is 0. The summed E-state index contributed by atoms with van der Waals surface area (Å²) in [6.45, 7) is 0. The van der Waals surface area contributed by atoms with Gasteiger partial charge in [0.05, 0.1) is 4.91 Å². The van der Waals surface area contributed by atoms with Gasteiger partial charge in [0.1, 0.15) is 0 Å². The Morgan fingerprint density at radius 3 is 1.65 bits per heavy atom. The molecule has 0 unspecified atom stereocenters. The monoisotopic (exact) mass is 357 g/mol. The van der Waals surface area contributed by atoms with E-state index in [1.165, 1.54) is 11.1 Å². The van der Waals surface area contributed by atoms with Crippen LogP contribution in [0, 0.1) is 0 Å². The van der Waals surface area contributed by atoms with Gasteiger partial charge in [0.25, 0.3) is 11.1 Å². The normalized spacial score (nSPS) is 15.3. The van der Waals surface area contributed by atoms with Gasteiger partial charge in [0, 0.05) is 0 Å². The Balaban J connectivity index is 1.55. The first-order valence-corrected chi connectivity index (χ1v) is 9.01. The van der Waals surface area contributed by atoms with Crippen LogP contribution in [0.3, 0.4) is 0 Å². The topological polar surface area (TPSA) is 46.2 Å². The Morgan fingerprint density at radius 2 is 1.15 bits per heavy atom. The summed E-state index contributed by atoms with van der Waals surface area (Å²) in [6, 6.07) is 26.7. The average molecular weight is 357 g/mol. The molecule has 2 amide bonds. The summed E-state index contributed by atoms with van der Waals surface area (Å²) in [5.41, 5.74) is 5.51. The van der Waals surface area contributed by atoms with Gasteiger partial charge in [0.2, 0.25) is 0 Å². The van der Waals surface area contributed by atoms with E-state index in [4.69, 9.17) is 0 Å². The van der Waals surface area contributed by atoms with Crippen molar-refractivity contribution in [3.05, 3.63) is 89.3 Å². The second kappa shape index (κ2) is 7.02. The highest BCUT2D eigenvalue weighted by molar-refractivity contribution is 8.18. The van der Waals surface area contributed by atoms with Crippen LogP contribution in [0.1, 0.15) is 5.56 Å². The standard InChI is InChI=1S/C22H15NO2S/c24-21-20(26-22(25)23-21)14-15-6-8-17(9-7-15)19-12-10-18(11-13-19)16-4-2-1-3-5-16/h1-14H,(H,23,24,25)/b20-14-. The fourth-order valence-corrected chi connectivity index (χ4v) is 3.51. The molecule has 4 rings (SSSR count). The number of carbonyl (C=O) groups is 2. The Hall–Kier alpha value is -3.11. The highest BCUT2D eigenvalue weighted by Gasteiger charge is 2.24. The summed E-state index contributed by atoms with van der Waals surface area (Å²) in [4.78, 5) is 23.2. The molecule has 3 nitrogen and oxygen atoms in total. The molecule has 1 saturated heterocycles. The van der Waals surface area contributed by atoms with E-state index in [9.17, 15) is 9.59 Å². The van der Waals surface area contributed by atoms with Gasteiger partial charge >= 0.3 is 0 Å². The summed E-state index contributed by atoms with van der Waals surface area (Å²) >= 11 is 0.930. The molecule has 1 N–H and O–H groups in total. The summed E-state index contributed by atoms with van der Waals surface area (Å²) in [5, 5.41) is 1.94. The van der Waals surface area contributed by atoms with E-state index < -0.39 is 0 Å². The maximum atomic E-state index is 11.6. The van der Waals surface area contributed by atoms with E-state index in [1.54, 1.807) is 6.08 Å². The van der Waals surface area contributed by atoms with Crippen molar-refractivity contribution in [3.63, 3.8) is 0 Å². The van der Waals surface area contributed by atoms with Gasteiger partial charge in [0.15, 0.2) is 0 Å². The molecule has 3 aromatic rings. The number of hydrogen-bond donors (Lipinski definition) is 1. The lowest BCUT2D eigenvalue weighted by molar-refractivity contribution is -0.115. The number of nitrogens with one attached hydrogen (secondary N) is 1. The molecule has 1 fully saturated rings. The minimum absolute atomic E-state index is 0.323. The molecule has 4 heteroatoms. The summed E-state index contributed by atoms with van der Waals surface area (Å²) < 4.78 is 0. The largest absolute Gasteiger partial charge is 0.290 e. The summed E-state index contributed by atoms with van der Waals surface area (Å²) in [5.74, 6) is -0.333. The lowest BCUT2D eigenvalue weighted by atomic mass is 9.99. The maximum absolute atomic E-state index is 11.6. The predicted octanol–water partition coefficient (Wildman–Crippen LogP) is 5.34. The van der Waals surface area contributed by atoms with E-state index in [0.29, 0.717) is 4.91 Å². The van der Waals surface area contributed by atoms with Crippen LogP contribution >= 0.6 is 11.8 Å². The van der Waals surface area contributed by atoms with Crippen molar-refractivity contribution in [1.29, 1.82) is 0 Å². The van der Waals surface area contributed by atoms with Gasteiger partial charge in [-0.1, -0.05) is 78.9 Å². The van der Waals surface area contributed by atoms with Gasteiger partial charge < -0.3 is 0 Å². The Kier molecular flexibility index (Phi) is 4.42. The first kappa shape index (κ1) is 16.4. The number of amides is 2. The van der Waals surface area contributed by atoms with Gasteiger partial charge in [-0.2, -0.15) is 0 Å². The van der Waals surface area contributed by atoms with Crippen molar-refractivity contribution in [2.24, 2.45) is 0 Å². The van der Waals surface area contributed by atoms with Crippen LogP contribution in [0.5, 0.6) is 0 Å². The number of rotatable bonds is 3. The Morgan fingerprint density at radius 1 is 0.654 bits per heavy atom. The third-order valence-corrected chi connectivity index (χ3v) is 4.99. The minimum atomic E-state index is -0.333. The van der Waals surface area contributed by atoms with Crippen molar-refractivity contribution in [2.75, 3.05) is 0 Å². The van der Waals surface area contributed by atoms with Crippen LogP contribution in [-0.2, 0) is 4.79 Å². The van der Waals surface area contributed by atoms with Crippen molar-refractivity contribution in [3.8, 4) is 22.3 Å². The van der Waals surface area contributed by atoms with E-state index >= 15 is 0 Å². The van der Waals surface area contributed by atoms with Crippen LogP contribution in [0.2, 0.25) is 0 Å². The van der Waals surface area contributed by atoms with Gasteiger partial charge in [-0.25, -0.2) is 0 Å². The van der Waals surface area contributed by atoms with Crippen molar-refractivity contribution in [2.45, 2.75) is 0 Å². The second-order valence-corrected chi connectivity index (χ2v) is 6.93. The van der Waals surface area contributed by atoms with Crippen LogP contribution < -0.4 is 5.32 Å². The van der Waals surface area contributed by atoms with Gasteiger partial charge in [-0.15, -0.1) is 0 Å². The zero-order chi connectivity index (χ0) is 17.9.